The summed E-state index contributed by atoms with van der Waals surface area (Å²) in [5.74, 6) is -0.443. The van der Waals surface area contributed by atoms with E-state index in [1.807, 2.05) is 42.5 Å². The van der Waals surface area contributed by atoms with E-state index < -0.39 is 11.6 Å². The van der Waals surface area contributed by atoms with Gasteiger partial charge in [-0.25, -0.2) is 4.79 Å². The normalized spacial score (nSPS) is 11.4. The minimum atomic E-state index is -1.29. The van der Waals surface area contributed by atoms with Crippen molar-refractivity contribution in [3.05, 3.63) is 54.1 Å². The van der Waals surface area contributed by atoms with E-state index in [0.717, 1.165) is 16.7 Å². The first kappa shape index (κ1) is 16.8. The van der Waals surface area contributed by atoms with E-state index in [9.17, 15) is 9.90 Å². The predicted molar refractivity (Wildman–Crippen MR) is 95.0 cm³/mol. The lowest BCUT2D eigenvalue weighted by molar-refractivity contribution is -0.152. The van der Waals surface area contributed by atoms with E-state index in [1.54, 1.807) is 6.07 Å². The summed E-state index contributed by atoms with van der Waals surface area (Å²) in [5.41, 5.74) is 1.17. The van der Waals surface area contributed by atoms with Gasteiger partial charge < -0.3 is 19.6 Å². The first-order chi connectivity index (χ1) is 12.0. The lowest BCUT2D eigenvalue weighted by Gasteiger charge is -2.23. The number of nitrogens with one attached hydrogen (secondary N) is 1. The van der Waals surface area contributed by atoms with Gasteiger partial charge >= 0.3 is 5.97 Å². The molecule has 6 heteroatoms. The van der Waals surface area contributed by atoms with Crippen LogP contribution in [0.4, 0.5) is 6.01 Å². The highest BCUT2D eigenvalue weighted by molar-refractivity contribution is 5.77. The van der Waals surface area contributed by atoms with Gasteiger partial charge in [-0.05, 0) is 44.0 Å². The Bertz CT molecular complexity index is 853. The Labute approximate surface area is 145 Å². The number of ether oxygens (including phenoxy) is 1. The number of hydrogen-bond donors (Lipinski definition) is 2. The van der Waals surface area contributed by atoms with Crippen LogP contribution in [0.1, 0.15) is 19.4 Å². The molecule has 2 N–H and O–H groups in total. The number of aromatic nitrogens is 1. The van der Waals surface area contributed by atoms with Crippen LogP contribution in [-0.2, 0) is 11.2 Å². The Morgan fingerprint density at radius 3 is 2.68 bits per heavy atom. The number of carboxylic acid groups (broad SMARTS) is 1. The van der Waals surface area contributed by atoms with Crippen molar-refractivity contribution in [1.82, 2.24) is 4.98 Å². The maximum absolute atomic E-state index is 11.3. The fourth-order valence-electron chi connectivity index (χ4n) is 2.38. The largest absolute Gasteiger partial charge is 0.478 e. The number of carbonyl (C=O) groups is 1. The fourth-order valence-corrected chi connectivity index (χ4v) is 2.38. The first-order valence-corrected chi connectivity index (χ1v) is 8.05. The number of nitrogens with zero attached hydrogens (tertiary/aromatic N) is 1. The number of benzene rings is 2. The molecule has 0 aliphatic heterocycles. The molecule has 6 nitrogen and oxygen atoms in total. The number of carboxylic acids is 1. The molecule has 1 aromatic heterocycles. The standard InChI is InChI=1S/C19H20N2O4/c1-19(2,17(22)23)25-15-9-5-3-7-13(15)11-12-20-18-21-14-8-4-6-10-16(14)24-18/h3-10H,11-12H2,1-2H3,(H,20,21)(H,22,23). The third kappa shape index (κ3) is 3.91. The molecule has 3 aromatic rings. The average Bonchev–Trinajstić information content (AvgIpc) is 2.98. The third-order valence-electron chi connectivity index (χ3n) is 3.82. The Morgan fingerprint density at radius 1 is 1.20 bits per heavy atom. The maximum atomic E-state index is 11.3. The number of fused-ring (bicyclic) bond motifs is 1. The molecule has 1 heterocycles. The number of hydrogen-bond acceptors (Lipinski definition) is 5. The second-order valence-electron chi connectivity index (χ2n) is 6.19. The highest BCUT2D eigenvalue weighted by atomic mass is 16.5. The van der Waals surface area contributed by atoms with Crippen LogP contribution in [-0.4, -0.2) is 28.2 Å². The first-order valence-electron chi connectivity index (χ1n) is 8.05. The number of rotatable bonds is 7. The lowest BCUT2D eigenvalue weighted by atomic mass is 10.1. The van der Waals surface area contributed by atoms with E-state index in [0.29, 0.717) is 24.7 Å². The van der Waals surface area contributed by atoms with Crippen LogP contribution in [0.5, 0.6) is 5.75 Å². The molecule has 2 aromatic carbocycles. The SMILES string of the molecule is CC(C)(Oc1ccccc1CCNc1nc2ccccc2o1)C(=O)O. The van der Waals surface area contributed by atoms with Gasteiger partial charge in [-0.2, -0.15) is 4.98 Å². The number of para-hydroxylation sites is 3. The molecule has 0 amide bonds. The zero-order chi connectivity index (χ0) is 17.9. The maximum Gasteiger partial charge on any atom is 0.347 e. The summed E-state index contributed by atoms with van der Waals surface area (Å²) in [4.78, 5) is 15.6. The topological polar surface area (TPSA) is 84.6 Å². The molecule has 0 saturated heterocycles. The van der Waals surface area contributed by atoms with E-state index in [2.05, 4.69) is 10.3 Å². The molecule has 0 fully saturated rings. The Kier molecular flexibility index (Phi) is 4.61. The number of anilines is 1. The second-order valence-corrected chi connectivity index (χ2v) is 6.19. The highest BCUT2D eigenvalue weighted by Gasteiger charge is 2.30. The van der Waals surface area contributed by atoms with Gasteiger partial charge in [0.15, 0.2) is 11.2 Å². The van der Waals surface area contributed by atoms with Gasteiger partial charge in [0.25, 0.3) is 6.01 Å². The summed E-state index contributed by atoms with van der Waals surface area (Å²) < 4.78 is 11.3. The minimum absolute atomic E-state index is 0.463. The summed E-state index contributed by atoms with van der Waals surface area (Å²) in [6, 6.07) is 15.4. The van der Waals surface area contributed by atoms with Gasteiger partial charge in [-0.3, -0.25) is 0 Å². The molecule has 0 aliphatic carbocycles. The van der Waals surface area contributed by atoms with Gasteiger partial charge in [-0.15, -0.1) is 0 Å². The molecule has 0 aliphatic rings. The van der Waals surface area contributed by atoms with Gasteiger partial charge in [0.05, 0.1) is 0 Å². The zero-order valence-electron chi connectivity index (χ0n) is 14.2. The summed E-state index contributed by atoms with van der Waals surface area (Å²) in [7, 11) is 0. The second kappa shape index (κ2) is 6.84. The summed E-state index contributed by atoms with van der Waals surface area (Å²) in [6.45, 7) is 3.64. The van der Waals surface area contributed by atoms with Crippen molar-refractivity contribution in [3.63, 3.8) is 0 Å². The van der Waals surface area contributed by atoms with Crippen molar-refractivity contribution in [3.8, 4) is 5.75 Å². The summed E-state index contributed by atoms with van der Waals surface area (Å²) >= 11 is 0. The van der Waals surface area contributed by atoms with Crippen molar-refractivity contribution >= 4 is 23.1 Å². The molecular weight excluding hydrogens is 320 g/mol. The highest BCUT2D eigenvalue weighted by Crippen LogP contribution is 2.24. The molecule has 0 spiro atoms. The van der Waals surface area contributed by atoms with E-state index >= 15 is 0 Å². The molecule has 3 rings (SSSR count). The van der Waals surface area contributed by atoms with E-state index in [-0.39, 0.29) is 0 Å². The van der Waals surface area contributed by atoms with Crippen molar-refractivity contribution in [2.45, 2.75) is 25.9 Å². The number of oxazole rings is 1. The summed E-state index contributed by atoms with van der Waals surface area (Å²) in [6.07, 6.45) is 0.643. The van der Waals surface area contributed by atoms with E-state index in [4.69, 9.17) is 9.15 Å². The van der Waals surface area contributed by atoms with E-state index in [1.165, 1.54) is 13.8 Å². The van der Waals surface area contributed by atoms with Gasteiger partial charge in [0.1, 0.15) is 11.3 Å². The van der Waals surface area contributed by atoms with Crippen molar-refractivity contribution < 1.29 is 19.1 Å². The molecule has 0 bridgehead atoms. The quantitative estimate of drug-likeness (QED) is 0.682. The average molecular weight is 340 g/mol. The van der Waals surface area contributed by atoms with Gasteiger partial charge in [0, 0.05) is 6.54 Å². The fraction of sp³-hybridized carbons (Fsp3) is 0.263. The molecule has 130 valence electrons. The minimum Gasteiger partial charge on any atom is -0.478 e. The van der Waals surface area contributed by atoms with Crippen LogP contribution in [0.25, 0.3) is 11.1 Å². The van der Waals surface area contributed by atoms with Gasteiger partial charge in [-0.1, -0.05) is 30.3 Å². The van der Waals surface area contributed by atoms with Crippen LogP contribution >= 0.6 is 0 Å². The Hall–Kier alpha value is -3.02. The third-order valence-corrected chi connectivity index (χ3v) is 3.82. The molecule has 0 radical (unpaired) electrons. The van der Waals surface area contributed by atoms with Crippen LogP contribution in [0.2, 0.25) is 0 Å². The molecule has 0 saturated carbocycles. The van der Waals surface area contributed by atoms with Crippen LogP contribution in [0.15, 0.2) is 52.9 Å². The predicted octanol–water partition coefficient (Wildman–Crippen LogP) is 3.72. The molecule has 0 unspecified atom stereocenters. The molecular formula is C19H20N2O4. The Balaban J connectivity index is 1.66. The van der Waals surface area contributed by atoms with Crippen LogP contribution < -0.4 is 10.1 Å². The van der Waals surface area contributed by atoms with Crippen molar-refractivity contribution in [2.24, 2.45) is 0 Å². The Morgan fingerprint density at radius 2 is 1.92 bits per heavy atom. The van der Waals surface area contributed by atoms with Crippen molar-refractivity contribution in [2.75, 3.05) is 11.9 Å². The van der Waals surface area contributed by atoms with Crippen molar-refractivity contribution in [1.29, 1.82) is 0 Å². The smallest absolute Gasteiger partial charge is 0.347 e. The van der Waals surface area contributed by atoms with Gasteiger partial charge in [0.2, 0.25) is 0 Å². The van der Waals surface area contributed by atoms with Crippen LogP contribution in [0.3, 0.4) is 0 Å². The number of aliphatic carboxylic acids is 1. The summed E-state index contributed by atoms with van der Waals surface area (Å²) in [5, 5.41) is 12.4. The van der Waals surface area contributed by atoms with Crippen LogP contribution in [0, 0.1) is 0 Å². The molecule has 25 heavy (non-hydrogen) atoms. The lowest BCUT2D eigenvalue weighted by Crippen LogP contribution is -2.38. The monoisotopic (exact) mass is 340 g/mol. The zero-order valence-corrected chi connectivity index (χ0v) is 14.2. The molecule has 0 atom stereocenters.